The number of carbonyl (C=O) groups is 2. The van der Waals surface area contributed by atoms with Crippen molar-refractivity contribution in [1.82, 2.24) is 5.32 Å². The summed E-state index contributed by atoms with van der Waals surface area (Å²) in [7, 11) is 0. The molecule has 1 fully saturated rings. The van der Waals surface area contributed by atoms with Gasteiger partial charge in [0.2, 0.25) is 0 Å². The van der Waals surface area contributed by atoms with Gasteiger partial charge in [0, 0.05) is 11.4 Å². The van der Waals surface area contributed by atoms with Crippen molar-refractivity contribution >= 4 is 23.2 Å². The number of thiophene rings is 1. The molecule has 25 heavy (non-hydrogen) atoms. The van der Waals surface area contributed by atoms with Gasteiger partial charge in [-0.15, -0.1) is 11.3 Å². The van der Waals surface area contributed by atoms with E-state index in [4.69, 9.17) is 4.74 Å². The molecule has 4 nitrogen and oxygen atoms in total. The molecule has 0 bridgehead atoms. The largest absolute Gasteiger partial charge is 0.455 e. The van der Waals surface area contributed by atoms with Crippen molar-refractivity contribution in [2.75, 3.05) is 13.2 Å². The van der Waals surface area contributed by atoms with E-state index < -0.39 is 5.41 Å². The number of nitrogens with one attached hydrogen (secondary N) is 1. The molecule has 0 aliphatic heterocycles. The molecule has 1 aliphatic rings. The number of benzene rings is 1. The first-order chi connectivity index (χ1) is 12.2. The second kappa shape index (κ2) is 8.30. The Morgan fingerprint density at radius 3 is 2.52 bits per heavy atom. The van der Waals surface area contributed by atoms with Crippen LogP contribution in [0.15, 0.2) is 47.8 Å². The molecule has 0 spiro atoms. The predicted octanol–water partition coefficient (Wildman–Crippen LogP) is 3.46. The normalized spacial score (nSPS) is 15.7. The molecule has 1 amide bonds. The van der Waals surface area contributed by atoms with E-state index in [9.17, 15) is 9.59 Å². The fourth-order valence-corrected chi connectivity index (χ4v) is 4.16. The maximum atomic E-state index is 12.7. The van der Waals surface area contributed by atoms with Crippen molar-refractivity contribution in [2.24, 2.45) is 0 Å². The number of carbonyl (C=O) groups excluding carboxylic acids is 2. The van der Waals surface area contributed by atoms with Gasteiger partial charge >= 0.3 is 5.97 Å². The van der Waals surface area contributed by atoms with Gasteiger partial charge in [-0.2, -0.15) is 0 Å². The summed E-state index contributed by atoms with van der Waals surface area (Å²) in [6.45, 7) is 0.346. The van der Waals surface area contributed by atoms with Crippen molar-refractivity contribution in [3.05, 3.63) is 58.3 Å². The topological polar surface area (TPSA) is 55.4 Å². The van der Waals surface area contributed by atoms with Crippen LogP contribution in [0.25, 0.3) is 0 Å². The molecule has 1 aromatic heterocycles. The van der Waals surface area contributed by atoms with Crippen LogP contribution in [0, 0.1) is 0 Å². The molecule has 5 heteroatoms. The standard InChI is InChI=1S/C20H23NO3S/c22-18(21-13-10-17-9-6-14-25-17)15-24-19(23)20(11-4-5-12-20)16-7-2-1-3-8-16/h1-3,6-9,14H,4-5,10-13,15H2,(H,21,22). The molecule has 0 unspecified atom stereocenters. The lowest BCUT2D eigenvalue weighted by Crippen LogP contribution is -2.38. The monoisotopic (exact) mass is 357 g/mol. The zero-order valence-electron chi connectivity index (χ0n) is 14.2. The van der Waals surface area contributed by atoms with Crippen LogP contribution in [0.1, 0.15) is 36.1 Å². The van der Waals surface area contributed by atoms with Gasteiger partial charge in [-0.1, -0.05) is 49.2 Å². The van der Waals surface area contributed by atoms with Crippen LogP contribution in [0.5, 0.6) is 0 Å². The third-order valence-corrected chi connectivity index (χ3v) is 5.72. The summed E-state index contributed by atoms with van der Waals surface area (Å²) < 4.78 is 5.38. The molecule has 132 valence electrons. The maximum Gasteiger partial charge on any atom is 0.317 e. The highest BCUT2D eigenvalue weighted by Crippen LogP contribution is 2.42. The summed E-state index contributed by atoms with van der Waals surface area (Å²) in [4.78, 5) is 25.9. The third kappa shape index (κ3) is 4.28. The van der Waals surface area contributed by atoms with Crippen LogP contribution in [-0.4, -0.2) is 25.0 Å². The molecule has 1 aromatic carbocycles. The number of ether oxygens (including phenoxy) is 1. The van der Waals surface area contributed by atoms with Gasteiger partial charge in [-0.3, -0.25) is 9.59 Å². The van der Waals surface area contributed by atoms with Crippen LogP contribution in [0.4, 0.5) is 0 Å². The van der Waals surface area contributed by atoms with Gasteiger partial charge in [0.05, 0.1) is 5.41 Å². The average Bonchev–Trinajstić information content (AvgIpc) is 3.33. The SMILES string of the molecule is O=C(COC(=O)C1(c2ccccc2)CCCC1)NCCc1cccs1. The van der Waals surface area contributed by atoms with Gasteiger partial charge in [-0.25, -0.2) is 0 Å². The van der Waals surface area contributed by atoms with Gasteiger partial charge in [0.25, 0.3) is 5.91 Å². The quantitative estimate of drug-likeness (QED) is 0.772. The number of amides is 1. The molecular weight excluding hydrogens is 334 g/mol. The van der Waals surface area contributed by atoms with Crippen LogP contribution >= 0.6 is 11.3 Å². The van der Waals surface area contributed by atoms with E-state index in [0.29, 0.717) is 6.54 Å². The average molecular weight is 357 g/mol. The lowest BCUT2D eigenvalue weighted by molar-refractivity contribution is -0.154. The summed E-state index contributed by atoms with van der Waals surface area (Å²) in [6, 6.07) is 13.8. The second-order valence-corrected chi connectivity index (χ2v) is 7.44. The highest BCUT2D eigenvalue weighted by atomic mass is 32.1. The number of hydrogen-bond donors (Lipinski definition) is 1. The third-order valence-electron chi connectivity index (χ3n) is 4.78. The van der Waals surface area contributed by atoms with Crippen LogP contribution in [-0.2, 0) is 26.2 Å². The predicted molar refractivity (Wildman–Crippen MR) is 98.6 cm³/mol. The van der Waals surface area contributed by atoms with Crippen molar-refractivity contribution < 1.29 is 14.3 Å². The fourth-order valence-electron chi connectivity index (χ4n) is 3.45. The first-order valence-electron chi connectivity index (χ1n) is 8.72. The molecule has 1 saturated carbocycles. The lowest BCUT2D eigenvalue weighted by atomic mass is 9.79. The highest BCUT2D eigenvalue weighted by Gasteiger charge is 2.44. The molecule has 0 atom stereocenters. The minimum absolute atomic E-state index is 0.210. The molecule has 1 heterocycles. The minimum Gasteiger partial charge on any atom is -0.455 e. The molecular formula is C20H23NO3S. The molecule has 3 rings (SSSR count). The van der Waals surface area contributed by atoms with E-state index in [1.165, 1.54) is 4.88 Å². The van der Waals surface area contributed by atoms with Gasteiger partial charge in [0.1, 0.15) is 0 Å². The molecule has 2 aromatic rings. The van der Waals surface area contributed by atoms with E-state index in [1.807, 2.05) is 47.8 Å². The first kappa shape index (κ1) is 17.7. The van der Waals surface area contributed by atoms with E-state index in [1.54, 1.807) is 11.3 Å². The molecule has 1 aliphatic carbocycles. The number of hydrogen-bond acceptors (Lipinski definition) is 4. The number of esters is 1. The number of rotatable bonds is 7. The van der Waals surface area contributed by atoms with Crippen molar-refractivity contribution in [3.8, 4) is 0 Å². The van der Waals surface area contributed by atoms with Gasteiger partial charge < -0.3 is 10.1 Å². The van der Waals surface area contributed by atoms with Crippen molar-refractivity contribution in [3.63, 3.8) is 0 Å². The Morgan fingerprint density at radius 2 is 1.84 bits per heavy atom. The minimum atomic E-state index is -0.585. The van der Waals surface area contributed by atoms with E-state index >= 15 is 0 Å². The molecule has 1 N–H and O–H groups in total. The lowest BCUT2D eigenvalue weighted by Gasteiger charge is -2.27. The summed E-state index contributed by atoms with van der Waals surface area (Å²) >= 11 is 1.67. The first-order valence-corrected chi connectivity index (χ1v) is 9.60. The summed E-state index contributed by atoms with van der Waals surface area (Å²) in [5, 5.41) is 4.83. The van der Waals surface area contributed by atoms with Crippen molar-refractivity contribution in [1.29, 1.82) is 0 Å². The van der Waals surface area contributed by atoms with Crippen LogP contribution in [0.2, 0.25) is 0 Å². The molecule has 0 saturated heterocycles. The summed E-state index contributed by atoms with van der Waals surface area (Å²) in [5.74, 6) is -0.518. The Hall–Kier alpha value is -2.14. The van der Waals surface area contributed by atoms with Crippen LogP contribution in [0.3, 0.4) is 0 Å². The van der Waals surface area contributed by atoms with E-state index in [2.05, 4.69) is 5.32 Å². The van der Waals surface area contributed by atoms with Crippen molar-refractivity contribution in [2.45, 2.75) is 37.5 Å². The zero-order chi connectivity index (χ0) is 17.5. The van der Waals surface area contributed by atoms with E-state index in [0.717, 1.165) is 37.7 Å². The van der Waals surface area contributed by atoms with E-state index in [-0.39, 0.29) is 18.5 Å². The Bertz CT molecular complexity index is 691. The second-order valence-electron chi connectivity index (χ2n) is 6.41. The highest BCUT2D eigenvalue weighted by molar-refractivity contribution is 7.09. The Kier molecular flexibility index (Phi) is 5.87. The fraction of sp³-hybridized carbons (Fsp3) is 0.400. The molecule has 0 radical (unpaired) electrons. The Morgan fingerprint density at radius 1 is 1.08 bits per heavy atom. The van der Waals surface area contributed by atoms with Crippen LogP contribution < -0.4 is 5.32 Å². The summed E-state index contributed by atoms with van der Waals surface area (Å²) in [6.07, 6.45) is 4.39. The Balaban J connectivity index is 1.51. The zero-order valence-corrected chi connectivity index (χ0v) is 15.0. The Labute approximate surface area is 152 Å². The van der Waals surface area contributed by atoms with Gasteiger partial charge in [0.15, 0.2) is 6.61 Å². The summed E-state index contributed by atoms with van der Waals surface area (Å²) in [5.41, 5.74) is 0.411. The van der Waals surface area contributed by atoms with Gasteiger partial charge in [-0.05, 0) is 36.3 Å². The maximum absolute atomic E-state index is 12.7. The smallest absolute Gasteiger partial charge is 0.317 e.